The number of nitrogens with zero attached hydrogens (tertiary/aromatic N) is 1. The lowest BCUT2D eigenvalue weighted by Gasteiger charge is -2.36. The maximum Gasteiger partial charge on any atom is 0.0124 e. The molecule has 1 heterocycles. The summed E-state index contributed by atoms with van der Waals surface area (Å²) in [5.74, 6) is 1.02. The van der Waals surface area contributed by atoms with Gasteiger partial charge in [-0.05, 0) is 56.5 Å². The predicted octanol–water partition coefficient (Wildman–Crippen LogP) is 3.67. The van der Waals surface area contributed by atoms with E-state index >= 15 is 0 Å². The van der Waals surface area contributed by atoms with E-state index in [9.17, 15) is 0 Å². The third-order valence-corrected chi connectivity index (χ3v) is 5.02. The zero-order chi connectivity index (χ0) is 13.7. The van der Waals surface area contributed by atoms with Gasteiger partial charge >= 0.3 is 0 Å². The zero-order valence-corrected chi connectivity index (χ0v) is 13.4. The molecule has 2 heteroatoms. The van der Waals surface area contributed by atoms with E-state index in [1.807, 2.05) is 0 Å². The third kappa shape index (κ3) is 4.46. The molecule has 1 N–H and O–H groups in total. The molecule has 0 bridgehead atoms. The largest absolute Gasteiger partial charge is 0.316 e. The Morgan fingerprint density at radius 3 is 2.53 bits per heavy atom. The minimum atomic E-state index is 0.413. The van der Waals surface area contributed by atoms with Gasteiger partial charge in [0.25, 0.3) is 0 Å². The monoisotopic (exact) mass is 266 g/mol. The van der Waals surface area contributed by atoms with Crippen LogP contribution in [0.1, 0.15) is 65.7 Å². The van der Waals surface area contributed by atoms with Crippen LogP contribution in [0.25, 0.3) is 0 Å². The molecule has 1 atom stereocenters. The van der Waals surface area contributed by atoms with Crippen molar-refractivity contribution in [2.24, 2.45) is 11.3 Å². The fraction of sp³-hybridized carbons (Fsp3) is 1.00. The predicted molar refractivity (Wildman–Crippen MR) is 83.5 cm³/mol. The standard InChI is InChI=1S/C17H34N2/c1-4-11-18-13-17(2,3)14-19-12-7-10-16(19)15-8-5-6-9-15/h15-16,18H,4-14H2,1-3H3. The molecule has 2 nitrogen and oxygen atoms in total. The van der Waals surface area contributed by atoms with Crippen LogP contribution in [0.5, 0.6) is 0 Å². The van der Waals surface area contributed by atoms with E-state index in [0.717, 1.165) is 25.0 Å². The van der Waals surface area contributed by atoms with Gasteiger partial charge in [-0.25, -0.2) is 0 Å². The van der Waals surface area contributed by atoms with Crippen LogP contribution in [0.15, 0.2) is 0 Å². The summed E-state index contributed by atoms with van der Waals surface area (Å²) in [5.41, 5.74) is 0.413. The molecular weight excluding hydrogens is 232 g/mol. The van der Waals surface area contributed by atoms with Crippen molar-refractivity contribution in [3.63, 3.8) is 0 Å². The molecule has 1 aliphatic heterocycles. The van der Waals surface area contributed by atoms with Gasteiger partial charge in [0.05, 0.1) is 0 Å². The van der Waals surface area contributed by atoms with Crippen molar-refractivity contribution in [3.8, 4) is 0 Å². The Hall–Kier alpha value is -0.0800. The molecule has 1 saturated heterocycles. The second-order valence-electron chi connectivity index (χ2n) is 7.57. The molecule has 2 fully saturated rings. The van der Waals surface area contributed by atoms with Crippen LogP contribution >= 0.6 is 0 Å². The molecule has 19 heavy (non-hydrogen) atoms. The molecular formula is C17H34N2. The van der Waals surface area contributed by atoms with Gasteiger partial charge in [0.15, 0.2) is 0 Å². The number of nitrogens with one attached hydrogen (secondary N) is 1. The van der Waals surface area contributed by atoms with E-state index in [0.29, 0.717) is 5.41 Å². The summed E-state index contributed by atoms with van der Waals surface area (Å²) in [5, 5.41) is 3.61. The second-order valence-corrected chi connectivity index (χ2v) is 7.57. The van der Waals surface area contributed by atoms with E-state index in [-0.39, 0.29) is 0 Å². The number of likely N-dealkylation sites (tertiary alicyclic amines) is 1. The highest BCUT2D eigenvalue weighted by Crippen LogP contribution is 2.36. The van der Waals surface area contributed by atoms with Crippen LogP contribution in [0.3, 0.4) is 0 Å². The molecule has 1 unspecified atom stereocenters. The molecule has 0 amide bonds. The summed E-state index contributed by atoms with van der Waals surface area (Å²) >= 11 is 0. The summed E-state index contributed by atoms with van der Waals surface area (Å²) in [4.78, 5) is 2.82. The second kappa shape index (κ2) is 7.08. The average molecular weight is 266 g/mol. The topological polar surface area (TPSA) is 15.3 Å². The molecule has 1 aliphatic carbocycles. The van der Waals surface area contributed by atoms with Crippen molar-refractivity contribution in [1.29, 1.82) is 0 Å². The summed E-state index contributed by atoms with van der Waals surface area (Å²) in [6.45, 7) is 12.1. The lowest BCUT2D eigenvalue weighted by molar-refractivity contribution is 0.128. The first-order valence-electron chi connectivity index (χ1n) is 8.57. The van der Waals surface area contributed by atoms with E-state index in [2.05, 4.69) is 31.0 Å². The Morgan fingerprint density at radius 2 is 1.84 bits per heavy atom. The number of rotatable bonds is 7. The van der Waals surface area contributed by atoms with E-state index in [1.54, 1.807) is 0 Å². The quantitative estimate of drug-likeness (QED) is 0.707. The van der Waals surface area contributed by atoms with Gasteiger partial charge in [0, 0.05) is 19.1 Å². The smallest absolute Gasteiger partial charge is 0.0124 e. The van der Waals surface area contributed by atoms with Crippen LogP contribution in [0.2, 0.25) is 0 Å². The Morgan fingerprint density at radius 1 is 1.11 bits per heavy atom. The SMILES string of the molecule is CCCNCC(C)(C)CN1CCCC1C1CCCC1. The zero-order valence-electron chi connectivity index (χ0n) is 13.4. The van der Waals surface area contributed by atoms with Gasteiger partial charge in [0.1, 0.15) is 0 Å². The third-order valence-electron chi connectivity index (χ3n) is 5.02. The maximum atomic E-state index is 3.61. The Balaban J connectivity index is 1.82. The normalized spacial score (nSPS) is 26.4. The van der Waals surface area contributed by atoms with Gasteiger partial charge in [-0.2, -0.15) is 0 Å². The van der Waals surface area contributed by atoms with Gasteiger partial charge in [-0.1, -0.05) is 33.6 Å². The molecule has 0 aromatic heterocycles. The van der Waals surface area contributed by atoms with Crippen molar-refractivity contribution < 1.29 is 0 Å². The summed E-state index contributed by atoms with van der Waals surface area (Å²) in [7, 11) is 0. The van der Waals surface area contributed by atoms with Crippen molar-refractivity contribution in [2.75, 3.05) is 26.2 Å². The van der Waals surface area contributed by atoms with Crippen LogP contribution in [0, 0.1) is 11.3 Å². The Labute approximate surface area is 120 Å². The van der Waals surface area contributed by atoms with Crippen molar-refractivity contribution in [3.05, 3.63) is 0 Å². The summed E-state index contributed by atoms with van der Waals surface area (Å²) in [6, 6.07) is 0.910. The molecule has 1 saturated carbocycles. The van der Waals surface area contributed by atoms with E-state index in [1.165, 1.54) is 58.0 Å². The number of hydrogen-bond acceptors (Lipinski definition) is 2. The highest BCUT2D eigenvalue weighted by atomic mass is 15.2. The number of hydrogen-bond donors (Lipinski definition) is 1. The van der Waals surface area contributed by atoms with Gasteiger partial charge < -0.3 is 5.32 Å². The van der Waals surface area contributed by atoms with Gasteiger partial charge in [-0.3, -0.25) is 4.90 Å². The maximum absolute atomic E-state index is 3.61. The molecule has 112 valence electrons. The minimum Gasteiger partial charge on any atom is -0.316 e. The summed E-state index contributed by atoms with van der Waals surface area (Å²) < 4.78 is 0. The minimum absolute atomic E-state index is 0.413. The molecule has 0 aromatic carbocycles. The fourth-order valence-corrected chi connectivity index (χ4v) is 4.13. The highest BCUT2D eigenvalue weighted by Gasteiger charge is 2.35. The first-order valence-corrected chi connectivity index (χ1v) is 8.57. The average Bonchev–Trinajstić information content (AvgIpc) is 2.98. The molecule has 0 radical (unpaired) electrons. The van der Waals surface area contributed by atoms with Crippen LogP contribution in [-0.4, -0.2) is 37.1 Å². The lowest BCUT2D eigenvalue weighted by atomic mass is 9.90. The molecule has 2 rings (SSSR count). The van der Waals surface area contributed by atoms with Crippen LogP contribution in [-0.2, 0) is 0 Å². The van der Waals surface area contributed by atoms with Crippen molar-refractivity contribution in [2.45, 2.75) is 71.8 Å². The van der Waals surface area contributed by atoms with Gasteiger partial charge in [-0.15, -0.1) is 0 Å². The molecule has 2 aliphatic rings. The fourth-order valence-electron chi connectivity index (χ4n) is 4.13. The van der Waals surface area contributed by atoms with Gasteiger partial charge in [0.2, 0.25) is 0 Å². The van der Waals surface area contributed by atoms with Crippen LogP contribution in [0.4, 0.5) is 0 Å². The van der Waals surface area contributed by atoms with Crippen molar-refractivity contribution >= 4 is 0 Å². The van der Waals surface area contributed by atoms with E-state index < -0.39 is 0 Å². The Bertz CT molecular complexity index is 256. The molecule has 0 aromatic rings. The highest BCUT2D eigenvalue weighted by molar-refractivity contribution is 4.90. The van der Waals surface area contributed by atoms with Crippen molar-refractivity contribution in [1.82, 2.24) is 10.2 Å². The molecule has 0 spiro atoms. The Kier molecular flexibility index (Phi) is 5.70. The summed E-state index contributed by atoms with van der Waals surface area (Å²) in [6.07, 6.45) is 10.1. The first-order chi connectivity index (χ1) is 9.12. The van der Waals surface area contributed by atoms with Crippen LogP contribution < -0.4 is 5.32 Å². The lowest BCUT2D eigenvalue weighted by Crippen LogP contribution is -2.44. The first kappa shape index (κ1) is 15.3. The van der Waals surface area contributed by atoms with E-state index in [4.69, 9.17) is 0 Å².